The van der Waals surface area contributed by atoms with E-state index in [1.165, 1.54) is 11.1 Å². The van der Waals surface area contributed by atoms with E-state index in [2.05, 4.69) is 26.0 Å². The van der Waals surface area contributed by atoms with E-state index in [9.17, 15) is 0 Å². The van der Waals surface area contributed by atoms with Crippen molar-refractivity contribution in [3.05, 3.63) is 29.3 Å². The third kappa shape index (κ3) is 1.74. The summed E-state index contributed by atoms with van der Waals surface area (Å²) in [5.41, 5.74) is 8.64. The summed E-state index contributed by atoms with van der Waals surface area (Å²) in [6.07, 6.45) is 2.12. The SMILES string of the molecule is COc1ccc(C)cc1C1(N)CC(C)C1. The molecule has 1 aliphatic carbocycles. The van der Waals surface area contributed by atoms with Crippen molar-refractivity contribution >= 4 is 0 Å². The van der Waals surface area contributed by atoms with Crippen molar-refractivity contribution < 1.29 is 4.74 Å². The van der Waals surface area contributed by atoms with Crippen LogP contribution >= 0.6 is 0 Å². The summed E-state index contributed by atoms with van der Waals surface area (Å²) in [4.78, 5) is 0. The Kier molecular flexibility index (Phi) is 2.47. The molecular weight excluding hydrogens is 186 g/mol. The fourth-order valence-corrected chi connectivity index (χ4v) is 2.61. The number of methoxy groups -OCH3 is 1. The monoisotopic (exact) mass is 205 g/mol. The van der Waals surface area contributed by atoms with Gasteiger partial charge in [-0.25, -0.2) is 0 Å². The van der Waals surface area contributed by atoms with Crippen molar-refractivity contribution in [2.24, 2.45) is 11.7 Å². The predicted octanol–water partition coefficient (Wildman–Crippen LogP) is 2.59. The maximum atomic E-state index is 6.38. The number of rotatable bonds is 2. The summed E-state index contributed by atoms with van der Waals surface area (Å²) < 4.78 is 5.38. The zero-order valence-corrected chi connectivity index (χ0v) is 9.71. The first-order valence-corrected chi connectivity index (χ1v) is 5.49. The van der Waals surface area contributed by atoms with Crippen LogP contribution < -0.4 is 10.5 Å². The van der Waals surface area contributed by atoms with E-state index in [1.807, 2.05) is 6.07 Å². The van der Waals surface area contributed by atoms with Crippen LogP contribution in [0, 0.1) is 12.8 Å². The maximum absolute atomic E-state index is 6.38. The van der Waals surface area contributed by atoms with Gasteiger partial charge in [-0.2, -0.15) is 0 Å². The number of hydrogen-bond acceptors (Lipinski definition) is 2. The standard InChI is InChI=1S/C13H19NO/c1-9-4-5-12(15-3)11(6-9)13(14)7-10(2)8-13/h4-6,10H,7-8,14H2,1-3H3. The van der Waals surface area contributed by atoms with Crippen molar-refractivity contribution in [3.63, 3.8) is 0 Å². The molecule has 2 rings (SSSR count). The first-order valence-electron chi connectivity index (χ1n) is 5.49. The van der Waals surface area contributed by atoms with Crippen LogP contribution in [0.3, 0.4) is 0 Å². The number of ether oxygens (including phenoxy) is 1. The van der Waals surface area contributed by atoms with Gasteiger partial charge in [-0.05, 0) is 31.7 Å². The zero-order valence-electron chi connectivity index (χ0n) is 9.71. The molecule has 82 valence electrons. The Morgan fingerprint density at radius 3 is 2.60 bits per heavy atom. The molecule has 0 bridgehead atoms. The molecular formula is C13H19NO. The Balaban J connectivity index is 2.38. The van der Waals surface area contributed by atoms with E-state index in [0.29, 0.717) is 0 Å². The van der Waals surface area contributed by atoms with Crippen LogP contribution in [0.2, 0.25) is 0 Å². The lowest BCUT2D eigenvalue weighted by molar-refractivity contribution is 0.159. The van der Waals surface area contributed by atoms with Crippen molar-refractivity contribution in [2.45, 2.75) is 32.2 Å². The second kappa shape index (κ2) is 3.53. The Morgan fingerprint density at radius 2 is 2.07 bits per heavy atom. The highest BCUT2D eigenvalue weighted by atomic mass is 16.5. The molecule has 0 saturated heterocycles. The number of aryl methyl sites for hydroxylation is 1. The Hall–Kier alpha value is -1.02. The summed E-state index contributed by atoms with van der Waals surface area (Å²) in [5, 5.41) is 0. The average Bonchev–Trinajstić information content (AvgIpc) is 2.15. The van der Waals surface area contributed by atoms with Crippen LogP contribution in [-0.2, 0) is 5.54 Å². The molecule has 0 atom stereocenters. The zero-order chi connectivity index (χ0) is 11.1. The molecule has 0 spiro atoms. The molecule has 0 aromatic heterocycles. The fraction of sp³-hybridized carbons (Fsp3) is 0.538. The molecule has 1 aliphatic rings. The summed E-state index contributed by atoms with van der Waals surface area (Å²) >= 11 is 0. The van der Waals surface area contributed by atoms with Crippen LogP contribution in [0.25, 0.3) is 0 Å². The molecule has 0 aliphatic heterocycles. The highest BCUT2D eigenvalue weighted by molar-refractivity contribution is 5.43. The summed E-state index contributed by atoms with van der Waals surface area (Å²) in [6, 6.07) is 6.24. The average molecular weight is 205 g/mol. The van der Waals surface area contributed by atoms with E-state index in [-0.39, 0.29) is 5.54 Å². The Labute approximate surface area is 91.4 Å². The molecule has 0 amide bonds. The van der Waals surface area contributed by atoms with Gasteiger partial charge in [0.15, 0.2) is 0 Å². The molecule has 1 aromatic carbocycles. The maximum Gasteiger partial charge on any atom is 0.123 e. The quantitative estimate of drug-likeness (QED) is 0.805. The van der Waals surface area contributed by atoms with Gasteiger partial charge in [0.2, 0.25) is 0 Å². The highest BCUT2D eigenvalue weighted by Crippen LogP contribution is 2.46. The van der Waals surface area contributed by atoms with Gasteiger partial charge in [0.1, 0.15) is 5.75 Å². The van der Waals surface area contributed by atoms with Crippen molar-refractivity contribution in [3.8, 4) is 5.75 Å². The van der Waals surface area contributed by atoms with Gasteiger partial charge in [0, 0.05) is 11.1 Å². The van der Waals surface area contributed by atoms with E-state index in [0.717, 1.165) is 24.5 Å². The first kappa shape index (κ1) is 10.5. The lowest BCUT2D eigenvalue weighted by Gasteiger charge is -2.44. The second-order valence-electron chi connectivity index (χ2n) is 4.87. The van der Waals surface area contributed by atoms with Gasteiger partial charge in [-0.1, -0.05) is 24.6 Å². The summed E-state index contributed by atoms with van der Waals surface area (Å²) in [7, 11) is 1.71. The largest absolute Gasteiger partial charge is 0.496 e. The normalized spacial score (nSPS) is 29.7. The molecule has 2 heteroatoms. The Bertz CT molecular complexity index is 367. The van der Waals surface area contributed by atoms with Gasteiger partial charge in [0.05, 0.1) is 7.11 Å². The van der Waals surface area contributed by atoms with Crippen LogP contribution in [0.4, 0.5) is 0 Å². The summed E-state index contributed by atoms with van der Waals surface area (Å²) in [5.74, 6) is 1.66. The van der Waals surface area contributed by atoms with E-state index < -0.39 is 0 Å². The van der Waals surface area contributed by atoms with Crippen molar-refractivity contribution in [1.82, 2.24) is 0 Å². The highest BCUT2D eigenvalue weighted by Gasteiger charge is 2.41. The Morgan fingerprint density at radius 1 is 1.40 bits per heavy atom. The third-order valence-electron chi connectivity index (χ3n) is 3.32. The van der Waals surface area contributed by atoms with Gasteiger partial charge in [0.25, 0.3) is 0 Å². The van der Waals surface area contributed by atoms with Gasteiger partial charge in [-0.15, -0.1) is 0 Å². The van der Waals surface area contributed by atoms with Gasteiger partial charge < -0.3 is 10.5 Å². The topological polar surface area (TPSA) is 35.2 Å². The molecule has 0 heterocycles. The lowest BCUT2D eigenvalue weighted by atomic mass is 9.66. The van der Waals surface area contributed by atoms with Crippen molar-refractivity contribution in [1.29, 1.82) is 0 Å². The molecule has 2 N–H and O–H groups in total. The van der Waals surface area contributed by atoms with E-state index in [4.69, 9.17) is 10.5 Å². The minimum Gasteiger partial charge on any atom is -0.496 e. The minimum atomic E-state index is -0.156. The first-order chi connectivity index (χ1) is 7.05. The van der Waals surface area contributed by atoms with Gasteiger partial charge >= 0.3 is 0 Å². The summed E-state index contributed by atoms with van der Waals surface area (Å²) in [6.45, 7) is 4.34. The van der Waals surface area contributed by atoms with Crippen molar-refractivity contribution in [2.75, 3.05) is 7.11 Å². The van der Waals surface area contributed by atoms with Crippen LogP contribution in [-0.4, -0.2) is 7.11 Å². The van der Waals surface area contributed by atoms with Crippen LogP contribution in [0.15, 0.2) is 18.2 Å². The molecule has 15 heavy (non-hydrogen) atoms. The molecule has 0 unspecified atom stereocenters. The second-order valence-corrected chi connectivity index (χ2v) is 4.87. The lowest BCUT2D eigenvalue weighted by Crippen LogP contribution is -2.48. The molecule has 0 radical (unpaired) electrons. The minimum absolute atomic E-state index is 0.156. The van der Waals surface area contributed by atoms with Gasteiger partial charge in [-0.3, -0.25) is 0 Å². The molecule has 1 fully saturated rings. The van der Waals surface area contributed by atoms with E-state index >= 15 is 0 Å². The smallest absolute Gasteiger partial charge is 0.123 e. The number of benzene rings is 1. The number of hydrogen-bond donors (Lipinski definition) is 1. The molecule has 1 aromatic rings. The van der Waals surface area contributed by atoms with Crippen LogP contribution in [0.1, 0.15) is 30.9 Å². The fourth-order valence-electron chi connectivity index (χ4n) is 2.61. The molecule has 1 saturated carbocycles. The van der Waals surface area contributed by atoms with Crippen LogP contribution in [0.5, 0.6) is 5.75 Å². The third-order valence-corrected chi connectivity index (χ3v) is 3.32. The number of nitrogens with two attached hydrogens (primary N) is 1. The van der Waals surface area contributed by atoms with E-state index in [1.54, 1.807) is 7.11 Å². The molecule has 2 nitrogen and oxygen atoms in total. The predicted molar refractivity (Wildman–Crippen MR) is 62.0 cm³/mol.